The first-order chi connectivity index (χ1) is 14.0. The molecule has 29 heavy (non-hydrogen) atoms. The predicted molar refractivity (Wildman–Crippen MR) is 106 cm³/mol. The number of anilines is 1. The minimum atomic E-state index is -3.67. The fourth-order valence-electron chi connectivity index (χ4n) is 3.35. The van der Waals surface area contributed by atoms with Crippen molar-refractivity contribution in [1.82, 2.24) is 15.0 Å². The van der Waals surface area contributed by atoms with Gasteiger partial charge < -0.3 is 10.5 Å². The van der Waals surface area contributed by atoms with Gasteiger partial charge in [0.15, 0.2) is 14.9 Å². The Balaban J connectivity index is 1.74. The summed E-state index contributed by atoms with van der Waals surface area (Å²) in [4.78, 5) is 12.1. The Morgan fingerprint density at radius 1 is 1.03 bits per heavy atom. The number of sulfone groups is 1. The lowest BCUT2D eigenvalue weighted by Gasteiger charge is -2.22. The minimum absolute atomic E-state index is 0.0358. The summed E-state index contributed by atoms with van der Waals surface area (Å²) in [7, 11) is -3.67. The van der Waals surface area contributed by atoms with Crippen LogP contribution in [-0.4, -0.2) is 41.8 Å². The van der Waals surface area contributed by atoms with Crippen molar-refractivity contribution in [2.45, 2.75) is 23.1 Å². The Morgan fingerprint density at radius 2 is 1.83 bits per heavy atom. The number of halogens is 1. The van der Waals surface area contributed by atoms with Gasteiger partial charge in [0.05, 0.1) is 23.3 Å². The van der Waals surface area contributed by atoms with Gasteiger partial charge in [-0.15, -0.1) is 0 Å². The summed E-state index contributed by atoms with van der Waals surface area (Å²) >= 11 is 0. The summed E-state index contributed by atoms with van der Waals surface area (Å²) in [6, 6.07) is 7.75. The Morgan fingerprint density at radius 3 is 2.52 bits per heavy atom. The molecule has 4 rings (SSSR count). The fourth-order valence-corrected chi connectivity index (χ4v) is 5.18. The lowest BCUT2D eigenvalue weighted by molar-refractivity contribution is 0.0983. The van der Waals surface area contributed by atoms with Crippen LogP contribution in [0.2, 0.25) is 0 Å². The number of rotatable bonds is 4. The van der Waals surface area contributed by atoms with Crippen molar-refractivity contribution in [3.05, 3.63) is 54.7 Å². The maximum absolute atomic E-state index is 14.8. The first kappa shape index (κ1) is 19.4. The molecular weight excluding hydrogens is 395 g/mol. The third kappa shape index (κ3) is 3.83. The number of hydrogen-bond donors (Lipinski definition) is 1. The van der Waals surface area contributed by atoms with E-state index in [-0.39, 0.29) is 16.4 Å². The third-order valence-electron chi connectivity index (χ3n) is 4.88. The third-order valence-corrected chi connectivity index (χ3v) is 7.09. The van der Waals surface area contributed by atoms with Crippen molar-refractivity contribution < 1.29 is 17.5 Å². The molecule has 2 aromatic heterocycles. The van der Waals surface area contributed by atoms with Gasteiger partial charge in [0.25, 0.3) is 0 Å². The van der Waals surface area contributed by atoms with Crippen molar-refractivity contribution in [2.75, 3.05) is 18.9 Å². The van der Waals surface area contributed by atoms with Crippen LogP contribution in [0.4, 0.5) is 10.2 Å². The van der Waals surface area contributed by atoms with Crippen LogP contribution in [0.3, 0.4) is 0 Å². The Hall–Kier alpha value is -2.91. The maximum Gasteiger partial charge on any atom is 0.199 e. The van der Waals surface area contributed by atoms with Crippen LogP contribution in [0.5, 0.6) is 0 Å². The van der Waals surface area contributed by atoms with Gasteiger partial charge in [-0.25, -0.2) is 22.8 Å². The van der Waals surface area contributed by atoms with E-state index in [1.807, 2.05) is 0 Å². The topological polar surface area (TPSA) is 108 Å². The number of pyridine rings is 1. The summed E-state index contributed by atoms with van der Waals surface area (Å²) in [5.41, 5.74) is 6.90. The molecule has 1 aliphatic rings. The molecule has 9 heteroatoms. The lowest BCUT2D eigenvalue weighted by atomic mass is 10.0. The second kappa shape index (κ2) is 7.84. The first-order valence-corrected chi connectivity index (χ1v) is 10.7. The second-order valence-electron chi connectivity index (χ2n) is 6.73. The molecule has 3 heterocycles. The van der Waals surface area contributed by atoms with Gasteiger partial charge in [-0.1, -0.05) is 6.07 Å². The van der Waals surface area contributed by atoms with Gasteiger partial charge in [0, 0.05) is 30.5 Å². The standard InChI is InChI=1S/C20H19FN4O3S/c21-17-10-13(3-4-16(17)18-11-25-19(22)12-24-18)15-2-1-7-23-20(15)29(26,27)14-5-8-28-9-6-14/h1-4,7,10-12,14H,5-6,8-9H2,(H2,22,25). The normalized spacial score (nSPS) is 15.3. The highest BCUT2D eigenvalue weighted by atomic mass is 32.2. The molecule has 1 saturated heterocycles. The number of aromatic nitrogens is 3. The van der Waals surface area contributed by atoms with Crippen LogP contribution in [0.1, 0.15) is 12.8 Å². The molecule has 1 aromatic carbocycles. The summed E-state index contributed by atoms with van der Waals surface area (Å²) in [5, 5.41) is -0.592. The molecule has 0 bridgehead atoms. The molecule has 0 saturated carbocycles. The number of ether oxygens (including phenoxy) is 1. The van der Waals surface area contributed by atoms with E-state index in [4.69, 9.17) is 10.5 Å². The number of benzene rings is 1. The molecule has 0 atom stereocenters. The van der Waals surface area contributed by atoms with Crippen molar-refractivity contribution >= 4 is 15.7 Å². The van der Waals surface area contributed by atoms with Crippen LogP contribution in [0.15, 0.2) is 53.9 Å². The molecule has 1 fully saturated rings. The van der Waals surface area contributed by atoms with Gasteiger partial charge in [-0.05, 0) is 42.7 Å². The Bertz CT molecular complexity index is 1130. The average molecular weight is 414 g/mol. The molecule has 1 aliphatic heterocycles. The van der Waals surface area contributed by atoms with Crippen molar-refractivity contribution in [2.24, 2.45) is 0 Å². The monoisotopic (exact) mass is 414 g/mol. The van der Waals surface area contributed by atoms with Gasteiger partial charge in [0.1, 0.15) is 11.6 Å². The molecule has 0 aliphatic carbocycles. The average Bonchev–Trinajstić information content (AvgIpc) is 2.75. The zero-order valence-corrected chi connectivity index (χ0v) is 16.3. The second-order valence-corrected chi connectivity index (χ2v) is 8.88. The van der Waals surface area contributed by atoms with Crippen LogP contribution < -0.4 is 5.73 Å². The zero-order chi connectivity index (χ0) is 20.4. The van der Waals surface area contributed by atoms with Crippen molar-refractivity contribution in [1.29, 1.82) is 0 Å². The largest absolute Gasteiger partial charge is 0.382 e. The molecule has 150 valence electrons. The lowest BCUT2D eigenvalue weighted by Crippen LogP contribution is -2.29. The zero-order valence-electron chi connectivity index (χ0n) is 15.5. The van der Waals surface area contributed by atoms with Crippen LogP contribution in [0.25, 0.3) is 22.4 Å². The highest BCUT2D eigenvalue weighted by molar-refractivity contribution is 7.92. The van der Waals surface area contributed by atoms with Crippen molar-refractivity contribution in [3.63, 3.8) is 0 Å². The molecular formula is C20H19FN4O3S. The van der Waals surface area contributed by atoms with E-state index in [0.717, 1.165) is 0 Å². The molecule has 2 N–H and O–H groups in total. The highest BCUT2D eigenvalue weighted by Gasteiger charge is 2.32. The van der Waals surface area contributed by atoms with Gasteiger partial charge in [0.2, 0.25) is 0 Å². The van der Waals surface area contributed by atoms with Crippen LogP contribution in [-0.2, 0) is 14.6 Å². The summed E-state index contributed by atoms with van der Waals surface area (Å²) in [6.45, 7) is 0.802. The van der Waals surface area contributed by atoms with E-state index in [1.54, 1.807) is 24.3 Å². The fraction of sp³-hybridized carbons (Fsp3) is 0.250. The van der Waals surface area contributed by atoms with Crippen LogP contribution >= 0.6 is 0 Å². The minimum Gasteiger partial charge on any atom is -0.382 e. The number of hydrogen-bond acceptors (Lipinski definition) is 7. The SMILES string of the molecule is Nc1cnc(-c2ccc(-c3cccnc3S(=O)(=O)C3CCOCC3)cc2F)cn1. The van der Waals surface area contributed by atoms with E-state index >= 15 is 0 Å². The molecule has 0 amide bonds. The Kier molecular flexibility index (Phi) is 5.25. The molecule has 7 nitrogen and oxygen atoms in total. The van der Waals surface area contributed by atoms with Crippen molar-refractivity contribution in [3.8, 4) is 22.4 Å². The Labute approximate surface area is 167 Å². The summed E-state index contributed by atoms with van der Waals surface area (Å²) in [5.74, 6) is -0.302. The molecule has 0 radical (unpaired) electrons. The summed E-state index contributed by atoms with van der Waals surface area (Å²) < 4.78 is 46.4. The number of nitrogen functional groups attached to an aromatic ring is 1. The molecule has 0 unspecified atom stereocenters. The summed E-state index contributed by atoms with van der Waals surface area (Å²) in [6.07, 6.45) is 5.01. The first-order valence-electron chi connectivity index (χ1n) is 9.11. The quantitative estimate of drug-likeness (QED) is 0.699. The van der Waals surface area contributed by atoms with E-state index in [2.05, 4.69) is 15.0 Å². The van der Waals surface area contributed by atoms with Gasteiger partial charge >= 0.3 is 0 Å². The van der Waals surface area contributed by atoms with E-state index in [1.165, 1.54) is 24.7 Å². The van der Waals surface area contributed by atoms with E-state index < -0.39 is 20.9 Å². The van der Waals surface area contributed by atoms with Crippen LogP contribution in [0, 0.1) is 5.82 Å². The smallest absolute Gasteiger partial charge is 0.199 e. The van der Waals surface area contributed by atoms with Gasteiger partial charge in [-0.2, -0.15) is 0 Å². The van der Waals surface area contributed by atoms with E-state index in [9.17, 15) is 12.8 Å². The van der Waals surface area contributed by atoms with Gasteiger partial charge in [-0.3, -0.25) is 4.98 Å². The molecule has 0 spiro atoms. The predicted octanol–water partition coefficient (Wildman–Crippen LogP) is 2.88. The maximum atomic E-state index is 14.8. The number of nitrogens with zero attached hydrogens (tertiary/aromatic N) is 3. The molecule has 3 aromatic rings. The number of nitrogens with two attached hydrogens (primary N) is 1. The highest BCUT2D eigenvalue weighted by Crippen LogP contribution is 2.33. The van der Waals surface area contributed by atoms with E-state index in [0.29, 0.717) is 42.9 Å².